The van der Waals surface area contributed by atoms with E-state index in [9.17, 15) is 4.79 Å². The average molecular weight is 278 g/mol. The van der Waals surface area contributed by atoms with Gasteiger partial charge in [0, 0.05) is 30.9 Å². The second-order valence-electron chi connectivity index (χ2n) is 4.30. The molecule has 0 bridgehead atoms. The number of amides is 1. The van der Waals surface area contributed by atoms with Crippen molar-refractivity contribution >= 4 is 17.2 Å². The van der Waals surface area contributed by atoms with Crippen molar-refractivity contribution in [3.05, 3.63) is 40.5 Å². The maximum Gasteiger partial charge on any atom is 0.254 e. The molecule has 2 aromatic heterocycles. The summed E-state index contributed by atoms with van der Waals surface area (Å²) >= 11 is 1.64. The van der Waals surface area contributed by atoms with Crippen molar-refractivity contribution in [2.45, 2.75) is 13.8 Å². The largest absolute Gasteiger partial charge is 0.383 e. The van der Waals surface area contributed by atoms with Gasteiger partial charge in [0.15, 0.2) is 0 Å². The Morgan fingerprint density at radius 2 is 2.05 bits per heavy atom. The summed E-state index contributed by atoms with van der Waals surface area (Å²) < 4.78 is 6.93. The van der Waals surface area contributed by atoms with Gasteiger partial charge in [-0.3, -0.25) is 4.79 Å². The first-order valence-electron chi connectivity index (χ1n) is 6.15. The van der Waals surface area contributed by atoms with Crippen molar-refractivity contribution in [3.63, 3.8) is 0 Å². The summed E-state index contributed by atoms with van der Waals surface area (Å²) in [6.45, 7) is 5.07. The quantitative estimate of drug-likeness (QED) is 0.854. The van der Waals surface area contributed by atoms with Gasteiger partial charge in [-0.05, 0) is 31.5 Å². The minimum absolute atomic E-state index is 0.0393. The number of ether oxygens (including phenoxy) is 1. The molecule has 1 amide bonds. The minimum atomic E-state index is -0.0393. The minimum Gasteiger partial charge on any atom is -0.383 e. The van der Waals surface area contributed by atoms with Gasteiger partial charge in [-0.1, -0.05) is 0 Å². The number of thiophene rings is 1. The summed E-state index contributed by atoms with van der Waals surface area (Å²) in [5.74, 6) is -0.0393. The molecule has 0 fully saturated rings. The van der Waals surface area contributed by atoms with Crippen LogP contribution in [0.1, 0.15) is 20.8 Å². The maximum atomic E-state index is 12.3. The molecular formula is C14H18N2O2S. The molecule has 0 atom stereocenters. The third-order valence-electron chi connectivity index (χ3n) is 3.02. The molecular weight excluding hydrogens is 260 g/mol. The lowest BCUT2D eigenvalue weighted by molar-refractivity contribution is 0.0937. The fourth-order valence-electron chi connectivity index (χ4n) is 1.88. The second-order valence-corrected chi connectivity index (χ2v) is 5.51. The van der Waals surface area contributed by atoms with E-state index in [1.807, 2.05) is 42.9 Å². The van der Waals surface area contributed by atoms with E-state index in [-0.39, 0.29) is 5.91 Å². The van der Waals surface area contributed by atoms with Gasteiger partial charge in [-0.25, -0.2) is 0 Å². The molecule has 0 unspecified atom stereocenters. The molecule has 0 radical (unpaired) electrons. The van der Waals surface area contributed by atoms with Crippen LogP contribution < -0.4 is 5.32 Å². The van der Waals surface area contributed by atoms with E-state index in [0.29, 0.717) is 13.2 Å². The normalized spacial score (nSPS) is 10.7. The Labute approximate surface area is 117 Å². The molecule has 2 heterocycles. The highest BCUT2D eigenvalue weighted by Crippen LogP contribution is 2.30. The third-order valence-corrected chi connectivity index (χ3v) is 4.25. The Morgan fingerprint density at radius 1 is 1.37 bits per heavy atom. The summed E-state index contributed by atoms with van der Waals surface area (Å²) in [6, 6.07) is 3.91. The molecule has 102 valence electrons. The maximum absolute atomic E-state index is 12.3. The zero-order chi connectivity index (χ0) is 13.8. The lowest BCUT2D eigenvalue weighted by atomic mass is 10.1. The predicted octanol–water partition coefficient (Wildman–Crippen LogP) is 2.53. The number of rotatable bonds is 5. The molecule has 5 heteroatoms. The first-order valence-corrected chi connectivity index (χ1v) is 6.97. The molecule has 1 N–H and O–H groups in total. The lowest BCUT2D eigenvalue weighted by Crippen LogP contribution is -2.28. The molecule has 0 aliphatic heterocycles. The molecule has 0 saturated heterocycles. The van der Waals surface area contributed by atoms with Crippen LogP contribution in [0, 0.1) is 13.8 Å². The standard InChI is InChI=1S/C14H18N2O2S/c1-10-11(2)19-14(16-7-4-5-8-16)12(10)13(17)15-6-9-18-3/h4-5,7-8H,6,9H2,1-3H3,(H,15,17). The predicted molar refractivity (Wildman–Crippen MR) is 77.3 cm³/mol. The fourth-order valence-corrected chi connectivity index (χ4v) is 3.00. The molecule has 0 saturated carbocycles. The number of carbonyl (C=O) groups excluding carboxylic acids is 1. The zero-order valence-corrected chi connectivity index (χ0v) is 12.2. The van der Waals surface area contributed by atoms with Crippen LogP contribution in [0.3, 0.4) is 0 Å². The smallest absolute Gasteiger partial charge is 0.254 e. The molecule has 0 aromatic carbocycles. The van der Waals surface area contributed by atoms with Crippen LogP contribution in [0.5, 0.6) is 0 Å². The van der Waals surface area contributed by atoms with E-state index < -0.39 is 0 Å². The highest BCUT2D eigenvalue weighted by molar-refractivity contribution is 7.15. The molecule has 0 aliphatic carbocycles. The monoisotopic (exact) mass is 278 g/mol. The molecule has 0 aliphatic rings. The molecule has 4 nitrogen and oxygen atoms in total. The van der Waals surface area contributed by atoms with Gasteiger partial charge in [0.2, 0.25) is 0 Å². The van der Waals surface area contributed by atoms with Crippen LogP contribution in [0.15, 0.2) is 24.5 Å². The topological polar surface area (TPSA) is 43.3 Å². The second kappa shape index (κ2) is 6.04. The van der Waals surface area contributed by atoms with Gasteiger partial charge < -0.3 is 14.6 Å². The van der Waals surface area contributed by atoms with Crippen molar-refractivity contribution in [2.24, 2.45) is 0 Å². The van der Waals surface area contributed by atoms with Crippen LogP contribution >= 0.6 is 11.3 Å². The molecule has 19 heavy (non-hydrogen) atoms. The Balaban J connectivity index is 2.31. The van der Waals surface area contributed by atoms with Crippen LogP contribution in [0.4, 0.5) is 0 Å². The Hall–Kier alpha value is -1.59. The van der Waals surface area contributed by atoms with Gasteiger partial charge in [0.05, 0.1) is 12.2 Å². The Bertz CT molecular complexity index is 558. The number of nitrogens with one attached hydrogen (secondary N) is 1. The first-order chi connectivity index (χ1) is 9.15. The highest BCUT2D eigenvalue weighted by Gasteiger charge is 2.19. The zero-order valence-electron chi connectivity index (χ0n) is 11.4. The number of aromatic nitrogens is 1. The highest BCUT2D eigenvalue weighted by atomic mass is 32.1. The fraction of sp³-hybridized carbons (Fsp3) is 0.357. The van der Waals surface area contributed by atoms with E-state index in [4.69, 9.17) is 4.74 Å². The molecule has 2 rings (SSSR count). The van der Waals surface area contributed by atoms with Crippen LogP contribution in [-0.2, 0) is 4.74 Å². The summed E-state index contributed by atoms with van der Waals surface area (Å²) in [7, 11) is 1.62. The van der Waals surface area contributed by atoms with E-state index in [1.165, 1.54) is 4.88 Å². The molecule has 2 aromatic rings. The van der Waals surface area contributed by atoms with Crippen molar-refractivity contribution in [2.75, 3.05) is 20.3 Å². The van der Waals surface area contributed by atoms with Gasteiger partial charge in [-0.15, -0.1) is 11.3 Å². The van der Waals surface area contributed by atoms with Crippen LogP contribution in [-0.4, -0.2) is 30.7 Å². The van der Waals surface area contributed by atoms with Gasteiger partial charge in [0.1, 0.15) is 5.00 Å². The van der Waals surface area contributed by atoms with Crippen LogP contribution in [0.2, 0.25) is 0 Å². The van der Waals surface area contributed by atoms with Crippen LogP contribution in [0.25, 0.3) is 5.00 Å². The molecule has 0 spiro atoms. The van der Waals surface area contributed by atoms with Crippen molar-refractivity contribution in [1.29, 1.82) is 0 Å². The van der Waals surface area contributed by atoms with E-state index in [0.717, 1.165) is 16.1 Å². The number of carbonyl (C=O) groups is 1. The SMILES string of the molecule is COCCNC(=O)c1c(-n2cccc2)sc(C)c1C. The van der Waals surface area contributed by atoms with Crippen molar-refractivity contribution < 1.29 is 9.53 Å². The van der Waals surface area contributed by atoms with E-state index in [1.54, 1.807) is 18.4 Å². The average Bonchev–Trinajstić information content (AvgIpc) is 2.99. The number of methoxy groups -OCH3 is 1. The van der Waals surface area contributed by atoms with E-state index in [2.05, 4.69) is 5.32 Å². The summed E-state index contributed by atoms with van der Waals surface area (Å²) in [5.41, 5.74) is 1.80. The van der Waals surface area contributed by atoms with E-state index >= 15 is 0 Å². The van der Waals surface area contributed by atoms with Gasteiger partial charge in [0.25, 0.3) is 5.91 Å². The van der Waals surface area contributed by atoms with Gasteiger partial charge in [-0.2, -0.15) is 0 Å². The summed E-state index contributed by atoms with van der Waals surface area (Å²) in [4.78, 5) is 13.5. The summed E-state index contributed by atoms with van der Waals surface area (Å²) in [5, 5.41) is 3.85. The first kappa shape index (κ1) is 13.8. The van der Waals surface area contributed by atoms with Gasteiger partial charge >= 0.3 is 0 Å². The summed E-state index contributed by atoms with van der Waals surface area (Å²) in [6.07, 6.45) is 3.91. The van der Waals surface area contributed by atoms with Crippen molar-refractivity contribution in [3.8, 4) is 5.00 Å². The third kappa shape index (κ3) is 2.88. The number of hydrogen-bond acceptors (Lipinski definition) is 3. The number of aryl methyl sites for hydroxylation is 1. The Kier molecular flexibility index (Phi) is 4.39. The Morgan fingerprint density at radius 3 is 2.68 bits per heavy atom. The lowest BCUT2D eigenvalue weighted by Gasteiger charge is -2.07. The number of nitrogens with zero attached hydrogens (tertiary/aromatic N) is 1. The van der Waals surface area contributed by atoms with Crippen molar-refractivity contribution in [1.82, 2.24) is 9.88 Å². The number of hydrogen-bond donors (Lipinski definition) is 1.